The minimum absolute atomic E-state index is 0.242. The average molecular weight is 332 g/mol. The molecule has 1 aliphatic heterocycles. The van der Waals surface area contributed by atoms with Crippen LogP contribution in [0.5, 0.6) is 0 Å². The summed E-state index contributed by atoms with van der Waals surface area (Å²) in [7, 11) is -4.02. The highest BCUT2D eigenvalue weighted by Crippen LogP contribution is 2.26. The van der Waals surface area contributed by atoms with E-state index in [-0.39, 0.29) is 22.2 Å². The summed E-state index contributed by atoms with van der Waals surface area (Å²) in [5.41, 5.74) is 0.360. The van der Waals surface area contributed by atoms with Gasteiger partial charge >= 0.3 is 5.97 Å². The lowest BCUT2D eigenvalue weighted by Crippen LogP contribution is -2.38. The van der Waals surface area contributed by atoms with Gasteiger partial charge in [0.05, 0.1) is 6.54 Å². The van der Waals surface area contributed by atoms with Crippen LogP contribution in [-0.2, 0) is 14.8 Å². The molecule has 1 aliphatic rings. The Morgan fingerprint density at radius 2 is 2.00 bits per heavy atom. The van der Waals surface area contributed by atoms with Crippen LogP contribution in [0.3, 0.4) is 0 Å². The number of thiophene rings is 1. The van der Waals surface area contributed by atoms with Crippen molar-refractivity contribution in [1.82, 2.24) is 9.62 Å². The van der Waals surface area contributed by atoms with Crippen molar-refractivity contribution in [1.29, 1.82) is 0 Å². The van der Waals surface area contributed by atoms with Gasteiger partial charge in [0.15, 0.2) is 0 Å². The molecule has 0 atom stereocenters. The topological polar surface area (TPSA) is 104 Å². The lowest BCUT2D eigenvalue weighted by molar-refractivity contribution is -0.128. The van der Waals surface area contributed by atoms with Crippen LogP contribution >= 0.6 is 11.3 Å². The number of rotatable bonds is 5. The maximum absolute atomic E-state index is 12.2. The van der Waals surface area contributed by atoms with E-state index in [1.807, 2.05) is 0 Å². The number of aryl methyl sites for hydroxylation is 1. The van der Waals surface area contributed by atoms with Crippen molar-refractivity contribution in [2.24, 2.45) is 0 Å². The van der Waals surface area contributed by atoms with Gasteiger partial charge in [0.2, 0.25) is 15.9 Å². The number of carboxylic acid groups (broad SMARTS) is 1. The first kappa shape index (κ1) is 15.9. The number of hydrogen-bond donors (Lipinski definition) is 2. The van der Waals surface area contributed by atoms with E-state index in [1.165, 1.54) is 12.3 Å². The molecular weight excluding hydrogens is 316 g/mol. The Hall–Kier alpha value is -1.45. The zero-order valence-corrected chi connectivity index (χ0v) is 13.1. The van der Waals surface area contributed by atoms with E-state index in [2.05, 4.69) is 4.72 Å². The molecule has 0 aliphatic carbocycles. The first-order valence-electron chi connectivity index (χ1n) is 6.42. The van der Waals surface area contributed by atoms with Crippen LogP contribution in [0.1, 0.15) is 28.1 Å². The highest BCUT2D eigenvalue weighted by atomic mass is 32.2. The fourth-order valence-electron chi connectivity index (χ4n) is 2.22. The van der Waals surface area contributed by atoms with Gasteiger partial charge in [-0.1, -0.05) is 0 Å². The number of aromatic carboxylic acids is 1. The second kappa shape index (κ2) is 6.12. The molecule has 2 heterocycles. The smallest absolute Gasteiger partial charge is 0.347 e. The fourth-order valence-corrected chi connectivity index (χ4v) is 4.82. The summed E-state index contributed by atoms with van der Waals surface area (Å²) in [6.07, 6.45) is 1.84. The van der Waals surface area contributed by atoms with E-state index in [0.717, 1.165) is 24.2 Å². The highest BCUT2D eigenvalue weighted by Gasteiger charge is 2.28. The molecule has 2 rings (SSSR count). The normalized spacial score (nSPS) is 15.4. The van der Waals surface area contributed by atoms with E-state index < -0.39 is 16.0 Å². The third-order valence-corrected chi connectivity index (χ3v) is 6.06. The number of amides is 1. The van der Waals surface area contributed by atoms with Crippen LogP contribution in [-0.4, -0.2) is 49.9 Å². The van der Waals surface area contributed by atoms with Crippen molar-refractivity contribution < 1.29 is 23.1 Å². The number of carbonyl (C=O) groups excluding carboxylic acids is 1. The lowest BCUT2D eigenvalue weighted by atomic mass is 10.3. The summed E-state index contributed by atoms with van der Waals surface area (Å²) in [6, 6.07) is 0. The van der Waals surface area contributed by atoms with E-state index in [1.54, 1.807) is 4.90 Å². The molecule has 0 saturated carbocycles. The molecule has 0 unspecified atom stereocenters. The van der Waals surface area contributed by atoms with Crippen LogP contribution in [0.25, 0.3) is 0 Å². The molecule has 1 amide bonds. The SMILES string of the molecule is Cc1csc(C(=O)O)c1S(=O)(=O)NCC(=O)N1CCCC1. The number of carbonyl (C=O) groups is 2. The van der Waals surface area contributed by atoms with Crippen LogP contribution in [0.15, 0.2) is 10.3 Å². The number of sulfonamides is 1. The van der Waals surface area contributed by atoms with E-state index in [9.17, 15) is 18.0 Å². The zero-order valence-electron chi connectivity index (χ0n) is 11.5. The molecule has 0 radical (unpaired) electrons. The molecule has 1 fully saturated rings. The van der Waals surface area contributed by atoms with Gasteiger partial charge in [-0.3, -0.25) is 4.79 Å². The second-order valence-electron chi connectivity index (χ2n) is 4.79. The number of nitrogens with one attached hydrogen (secondary N) is 1. The zero-order chi connectivity index (χ0) is 15.6. The van der Waals surface area contributed by atoms with Gasteiger partial charge in [0.1, 0.15) is 9.77 Å². The Bertz CT molecular complexity index is 659. The molecule has 0 aromatic carbocycles. The van der Waals surface area contributed by atoms with Crippen molar-refractivity contribution >= 4 is 33.2 Å². The van der Waals surface area contributed by atoms with Gasteiger partial charge in [-0.2, -0.15) is 0 Å². The van der Waals surface area contributed by atoms with Crippen LogP contribution in [0, 0.1) is 6.92 Å². The molecule has 1 aromatic rings. The Morgan fingerprint density at radius 1 is 1.38 bits per heavy atom. The van der Waals surface area contributed by atoms with Gasteiger partial charge in [-0.15, -0.1) is 11.3 Å². The second-order valence-corrected chi connectivity index (χ2v) is 7.38. The van der Waals surface area contributed by atoms with Crippen LogP contribution < -0.4 is 4.72 Å². The lowest BCUT2D eigenvalue weighted by Gasteiger charge is -2.15. The molecule has 116 valence electrons. The number of carboxylic acids is 1. The van der Waals surface area contributed by atoms with Gasteiger partial charge in [-0.05, 0) is 30.7 Å². The first-order valence-corrected chi connectivity index (χ1v) is 8.78. The molecule has 9 heteroatoms. The molecular formula is C12H16N2O5S2. The van der Waals surface area contributed by atoms with Crippen molar-refractivity contribution in [2.75, 3.05) is 19.6 Å². The molecule has 1 saturated heterocycles. The van der Waals surface area contributed by atoms with Crippen molar-refractivity contribution in [3.05, 3.63) is 15.8 Å². The van der Waals surface area contributed by atoms with Gasteiger partial charge in [0, 0.05) is 13.1 Å². The molecule has 1 aromatic heterocycles. The average Bonchev–Trinajstić information content (AvgIpc) is 3.04. The minimum Gasteiger partial charge on any atom is -0.477 e. The molecule has 7 nitrogen and oxygen atoms in total. The predicted molar refractivity (Wildman–Crippen MR) is 77.0 cm³/mol. The predicted octanol–water partition coefficient (Wildman–Crippen LogP) is 0.655. The van der Waals surface area contributed by atoms with Crippen molar-refractivity contribution in [2.45, 2.75) is 24.7 Å². The van der Waals surface area contributed by atoms with Gasteiger partial charge < -0.3 is 10.0 Å². The fraction of sp³-hybridized carbons (Fsp3) is 0.500. The maximum Gasteiger partial charge on any atom is 0.347 e. The van der Waals surface area contributed by atoms with Gasteiger partial charge in [0.25, 0.3) is 0 Å². The summed E-state index contributed by atoms with van der Waals surface area (Å²) < 4.78 is 26.6. The van der Waals surface area contributed by atoms with E-state index in [0.29, 0.717) is 18.7 Å². The molecule has 0 spiro atoms. The number of nitrogens with zero attached hydrogens (tertiary/aromatic N) is 1. The molecule has 0 bridgehead atoms. The summed E-state index contributed by atoms with van der Waals surface area (Å²) in [6.45, 7) is 2.45. The quantitative estimate of drug-likeness (QED) is 0.824. The van der Waals surface area contributed by atoms with Crippen molar-refractivity contribution in [3.63, 3.8) is 0 Å². The number of hydrogen-bond acceptors (Lipinski definition) is 5. The van der Waals surface area contributed by atoms with E-state index >= 15 is 0 Å². The summed E-state index contributed by atoms with van der Waals surface area (Å²) in [4.78, 5) is 24.0. The van der Waals surface area contributed by atoms with E-state index in [4.69, 9.17) is 5.11 Å². The van der Waals surface area contributed by atoms with Crippen LogP contribution in [0.4, 0.5) is 0 Å². The standard InChI is InChI=1S/C12H16N2O5S2/c1-8-7-20-10(12(16)17)11(8)21(18,19)13-6-9(15)14-4-2-3-5-14/h7,13H,2-6H2,1H3,(H,16,17). The largest absolute Gasteiger partial charge is 0.477 e. The third kappa shape index (κ3) is 3.42. The maximum atomic E-state index is 12.2. The van der Waals surface area contributed by atoms with Gasteiger partial charge in [-0.25, -0.2) is 17.9 Å². The van der Waals surface area contributed by atoms with Crippen LogP contribution in [0.2, 0.25) is 0 Å². The summed E-state index contributed by atoms with van der Waals surface area (Å²) in [5.74, 6) is -1.58. The Labute approximate surface area is 126 Å². The van der Waals surface area contributed by atoms with Crippen molar-refractivity contribution in [3.8, 4) is 0 Å². The Kier molecular flexibility index (Phi) is 4.64. The monoisotopic (exact) mass is 332 g/mol. The third-order valence-electron chi connectivity index (χ3n) is 3.25. The molecule has 2 N–H and O–H groups in total. The highest BCUT2D eigenvalue weighted by molar-refractivity contribution is 7.89. The minimum atomic E-state index is -4.02. The Morgan fingerprint density at radius 3 is 2.57 bits per heavy atom. The molecule has 21 heavy (non-hydrogen) atoms. The summed E-state index contributed by atoms with van der Waals surface area (Å²) >= 11 is 0.857. The summed E-state index contributed by atoms with van der Waals surface area (Å²) in [5, 5.41) is 10.5. The number of likely N-dealkylation sites (tertiary alicyclic amines) is 1. The first-order chi connectivity index (χ1) is 9.83. The Balaban J connectivity index is 2.13.